The molecule has 1 atom stereocenters. The highest BCUT2D eigenvalue weighted by Crippen LogP contribution is 2.15. The van der Waals surface area contributed by atoms with Gasteiger partial charge in [-0.15, -0.1) is 6.58 Å². The Hall–Kier alpha value is -1.17. The van der Waals surface area contributed by atoms with Crippen molar-refractivity contribution in [3.05, 3.63) is 48.0 Å². The SMILES string of the molecule is C.C=CCC(C=O)(CC=S)NC(=O)c1ccc(C#CSI)cc1. The van der Waals surface area contributed by atoms with Crippen LogP contribution in [0.1, 0.15) is 36.2 Å². The zero-order valence-corrected chi connectivity index (χ0v) is 15.5. The number of hydrogen-bond acceptors (Lipinski definition) is 4. The Morgan fingerprint density at radius 1 is 1.39 bits per heavy atom. The molecule has 0 bridgehead atoms. The molecule has 1 aromatic rings. The van der Waals surface area contributed by atoms with Crippen LogP contribution in [0.15, 0.2) is 36.9 Å². The molecule has 1 unspecified atom stereocenters. The maximum Gasteiger partial charge on any atom is 0.252 e. The summed E-state index contributed by atoms with van der Waals surface area (Å²) in [5.41, 5.74) is 0.261. The normalized spacial score (nSPS) is 11.7. The van der Waals surface area contributed by atoms with E-state index in [0.717, 1.165) is 5.56 Å². The quantitative estimate of drug-likeness (QED) is 0.217. The van der Waals surface area contributed by atoms with E-state index in [9.17, 15) is 9.59 Å². The van der Waals surface area contributed by atoms with Crippen LogP contribution in [0.5, 0.6) is 0 Å². The van der Waals surface area contributed by atoms with Crippen LogP contribution in [0, 0.1) is 11.2 Å². The molecule has 6 heteroatoms. The number of thiocarbonyl (C=S) groups is 1. The molecular formula is C17H18INO2S2. The van der Waals surface area contributed by atoms with Crippen molar-refractivity contribution in [1.29, 1.82) is 0 Å². The zero-order valence-electron chi connectivity index (χ0n) is 11.7. The van der Waals surface area contributed by atoms with Crippen LogP contribution >= 0.6 is 42.4 Å². The van der Waals surface area contributed by atoms with Crippen molar-refractivity contribution < 1.29 is 9.59 Å². The summed E-state index contributed by atoms with van der Waals surface area (Å²) in [6.45, 7) is 3.62. The van der Waals surface area contributed by atoms with E-state index in [1.54, 1.807) is 30.3 Å². The Morgan fingerprint density at radius 2 is 2.04 bits per heavy atom. The topological polar surface area (TPSA) is 46.2 Å². The minimum absolute atomic E-state index is 0. The smallest absolute Gasteiger partial charge is 0.252 e. The van der Waals surface area contributed by atoms with Gasteiger partial charge in [0.2, 0.25) is 0 Å². The van der Waals surface area contributed by atoms with E-state index >= 15 is 0 Å². The van der Waals surface area contributed by atoms with Crippen LogP contribution in [-0.4, -0.2) is 23.1 Å². The van der Waals surface area contributed by atoms with Gasteiger partial charge in [0.05, 0.1) is 0 Å². The van der Waals surface area contributed by atoms with Gasteiger partial charge in [-0.2, -0.15) is 0 Å². The van der Waals surface area contributed by atoms with Crippen LogP contribution in [0.3, 0.4) is 0 Å². The van der Waals surface area contributed by atoms with E-state index < -0.39 is 5.54 Å². The predicted molar refractivity (Wildman–Crippen MR) is 111 cm³/mol. The largest absolute Gasteiger partial charge is 0.339 e. The summed E-state index contributed by atoms with van der Waals surface area (Å²) in [7, 11) is 1.40. The molecule has 0 aliphatic heterocycles. The number of halogens is 1. The molecule has 122 valence electrons. The standard InChI is InChI=1S/C16H14INO2S2.CH4/c1-2-8-16(12-19,9-10-21)18-15(20)14-5-3-13(4-6-14)7-11-22-17;/h2-6,10,12H,1,8-9H2,(H,18,20);1H4. The van der Waals surface area contributed by atoms with E-state index in [1.165, 1.54) is 14.3 Å². The minimum atomic E-state index is -1.03. The number of aldehydes is 1. The Bertz CT molecular complexity index is 608. The summed E-state index contributed by atoms with van der Waals surface area (Å²) >= 11 is 6.91. The first kappa shape index (κ1) is 21.8. The van der Waals surface area contributed by atoms with E-state index in [1.807, 2.05) is 0 Å². The summed E-state index contributed by atoms with van der Waals surface area (Å²) in [5, 5.41) is 7.06. The van der Waals surface area contributed by atoms with Crippen LogP contribution < -0.4 is 5.32 Å². The molecule has 1 aromatic carbocycles. The summed E-state index contributed by atoms with van der Waals surface area (Å²) < 4.78 is 0. The van der Waals surface area contributed by atoms with Crippen molar-refractivity contribution in [3.63, 3.8) is 0 Å². The lowest BCUT2D eigenvalue weighted by atomic mass is 9.93. The highest BCUT2D eigenvalue weighted by atomic mass is 127. The third-order valence-electron chi connectivity index (χ3n) is 2.93. The fourth-order valence-electron chi connectivity index (χ4n) is 1.80. The Kier molecular flexibility index (Phi) is 10.8. The summed E-state index contributed by atoms with van der Waals surface area (Å²) in [6.07, 6.45) is 2.91. The van der Waals surface area contributed by atoms with Crippen LogP contribution in [0.4, 0.5) is 0 Å². The van der Waals surface area contributed by atoms with E-state index in [4.69, 9.17) is 12.2 Å². The van der Waals surface area contributed by atoms with E-state index in [0.29, 0.717) is 18.3 Å². The average molecular weight is 459 g/mol. The molecule has 1 amide bonds. The lowest BCUT2D eigenvalue weighted by molar-refractivity contribution is -0.112. The molecule has 0 aliphatic carbocycles. The second kappa shape index (κ2) is 11.4. The Labute approximate surface area is 159 Å². The molecule has 0 aliphatic rings. The first-order valence-corrected chi connectivity index (χ1v) is 10.2. The van der Waals surface area contributed by atoms with Gasteiger partial charge in [0.15, 0.2) is 0 Å². The van der Waals surface area contributed by atoms with Crippen LogP contribution in [0.2, 0.25) is 0 Å². The maximum absolute atomic E-state index is 12.3. The van der Waals surface area contributed by atoms with Crippen LogP contribution in [-0.2, 0) is 4.79 Å². The molecule has 0 radical (unpaired) electrons. The molecular weight excluding hydrogens is 441 g/mol. The molecule has 0 heterocycles. The third kappa shape index (κ3) is 6.85. The fourth-order valence-corrected chi connectivity index (χ4v) is 2.58. The summed E-state index contributed by atoms with van der Waals surface area (Å²) in [5.74, 6) is 2.62. The number of amides is 1. The van der Waals surface area contributed by atoms with Gasteiger partial charge in [-0.05, 0) is 50.2 Å². The monoisotopic (exact) mass is 459 g/mol. The molecule has 23 heavy (non-hydrogen) atoms. The number of nitrogens with one attached hydrogen (secondary N) is 1. The van der Waals surface area contributed by atoms with Gasteiger partial charge in [-0.25, -0.2) is 0 Å². The number of hydrogen-bond donors (Lipinski definition) is 1. The van der Waals surface area contributed by atoms with Gasteiger partial charge in [0.1, 0.15) is 11.8 Å². The van der Waals surface area contributed by atoms with E-state index in [-0.39, 0.29) is 19.8 Å². The number of carbonyl (C=O) groups is 2. The molecule has 3 nitrogen and oxygen atoms in total. The summed E-state index contributed by atoms with van der Waals surface area (Å²) in [6, 6.07) is 6.89. The van der Waals surface area contributed by atoms with Gasteiger partial charge in [0.25, 0.3) is 5.91 Å². The number of carbonyl (C=O) groups excluding carboxylic acids is 2. The molecule has 1 rings (SSSR count). The highest BCUT2D eigenvalue weighted by molar-refractivity contribution is 14.2. The fraction of sp³-hybridized carbons (Fsp3) is 0.235. The first-order chi connectivity index (χ1) is 10.6. The molecule has 0 saturated carbocycles. The highest BCUT2D eigenvalue weighted by Gasteiger charge is 2.29. The Balaban J connectivity index is 0.00000484. The minimum Gasteiger partial charge on any atom is -0.339 e. The van der Waals surface area contributed by atoms with Crippen molar-refractivity contribution in [1.82, 2.24) is 5.32 Å². The second-order valence-corrected chi connectivity index (χ2v) is 6.49. The van der Waals surface area contributed by atoms with Crippen molar-refractivity contribution in [3.8, 4) is 11.2 Å². The van der Waals surface area contributed by atoms with Crippen molar-refractivity contribution in [2.75, 3.05) is 0 Å². The van der Waals surface area contributed by atoms with Crippen molar-refractivity contribution >= 4 is 59.9 Å². The van der Waals surface area contributed by atoms with Gasteiger partial charge >= 0.3 is 0 Å². The third-order valence-corrected chi connectivity index (χ3v) is 3.93. The zero-order chi connectivity index (χ0) is 16.4. The number of benzene rings is 1. The molecule has 1 N–H and O–H groups in total. The predicted octanol–water partition coefficient (Wildman–Crippen LogP) is 4.35. The van der Waals surface area contributed by atoms with E-state index in [2.05, 4.69) is 44.3 Å². The molecule has 0 fully saturated rings. The van der Waals surface area contributed by atoms with Gasteiger partial charge in [-0.1, -0.05) is 31.6 Å². The van der Waals surface area contributed by atoms with Gasteiger partial charge < -0.3 is 10.1 Å². The average Bonchev–Trinajstić information content (AvgIpc) is 2.53. The molecule has 0 aromatic heterocycles. The number of rotatable bonds is 7. The lowest BCUT2D eigenvalue weighted by Gasteiger charge is -2.26. The van der Waals surface area contributed by atoms with Crippen LogP contribution in [0.25, 0.3) is 0 Å². The molecule has 0 saturated heterocycles. The lowest BCUT2D eigenvalue weighted by Crippen LogP contribution is -2.49. The van der Waals surface area contributed by atoms with Gasteiger partial charge in [-0.3, -0.25) is 4.79 Å². The maximum atomic E-state index is 12.3. The Morgan fingerprint density at radius 3 is 2.52 bits per heavy atom. The first-order valence-electron chi connectivity index (χ1n) is 6.33. The van der Waals surface area contributed by atoms with Crippen molar-refractivity contribution in [2.45, 2.75) is 25.8 Å². The summed E-state index contributed by atoms with van der Waals surface area (Å²) in [4.78, 5) is 23.7. The molecule has 0 spiro atoms. The second-order valence-electron chi connectivity index (χ2n) is 4.47. The van der Waals surface area contributed by atoms with Gasteiger partial charge in [0, 0.05) is 38.8 Å². The van der Waals surface area contributed by atoms with Crippen molar-refractivity contribution in [2.24, 2.45) is 0 Å².